The number of fused-ring (bicyclic) bond motifs is 1. The molecule has 0 amide bonds. The first kappa shape index (κ1) is 14.9. The molecule has 0 aromatic heterocycles. The lowest BCUT2D eigenvalue weighted by atomic mass is 9.59. The van der Waals surface area contributed by atoms with Crippen LogP contribution in [-0.2, 0) is 0 Å². The van der Waals surface area contributed by atoms with Crippen LogP contribution in [0.5, 0.6) is 0 Å². The maximum Gasteiger partial charge on any atom is 0.185 e. The molecule has 1 unspecified atom stereocenters. The summed E-state index contributed by atoms with van der Waals surface area (Å²) >= 11 is 13.0. The van der Waals surface area contributed by atoms with E-state index in [1.54, 1.807) is 0 Å². The molecule has 0 spiro atoms. The molecule has 0 saturated heterocycles. The summed E-state index contributed by atoms with van der Waals surface area (Å²) in [4.78, 5) is 4.26. The van der Waals surface area contributed by atoms with E-state index >= 15 is 0 Å². The van der Waals surface area contributed by atoms with Crippen LogP contribution in [0.4, 0.5) is 0 Å². The first-order valence-corrected chi connectivity index (χ1v) is 8.45. The molecule has 2 aromatic carbocycles. The monoisotopic (exact) mass is 345 g/mol. The molecule has 0 saturated carbocycles. The predicted octanol–water partition coefficient (Wildman–Crippen LogP) is 3.86. The average Bonchev–Trinajstić information content (AvgIpc) is 2.53. The lowest BCUT2D eigenvalue weighted by Crippen LogP contribution is -2.35. The van der Waals surface area contributed by atoms with Gasteiger partial charge in [-0.3, -0.25) is 4.99 Å². The fourth-order valence-electron chi connectivity index (χ4n) is 4.28. The molecule has 23 heavy (non-hydrogen) atoms. The van der Waals surface area contributed by atoms with Gasteiger partial charge in [0.05, 0.1) is 0 Å². The van der Waals surface area contributed by atoms with Crippen molar-refractivity contribution in [1.82, 2.24) is 0 Å². The third kappa shape index (κ3) is 2.22. The zero-order valence-electron chi connectivity index (χ0n) is 12.5. The van der Waals surface area contributed by atoms with Crippen molar-refractivity contribution in [2.75, 3.05) is 6.54 Å². The molecule has 0 radical (unpaired) electrons. The zero-order chi connectivity index (χ0) is 16.1. The first-order chi connectivity index (χ1) is 11.1. The highest BCUT2D eigenvalue weighted by Crippen LogP contribution is 2.58. The Morgan fingerprint density at radius 3 is 2.09 bits per heavy atom. The molecule has 3 aliphatic carbocycles. The van der Waals surface area contributed by atoms with Gasteiger partial charge in [0.2, 0.25) is 0 Å². The lowest BCUT2D eigenvalue weighted by molar-refractivity contribution is 0.365. The van der Waals surface area contributed by atoms with Gasteiger partial charge in [-0.2, -0.15) is 0 Å². The van der Waals surface area contributed by atoms with E-state index in [1.807, 2.05) is 24.3 Å². The maximum absolute atomic E-state index is 6.52. The summed E-state index contributed by atoms with van der Waals surface area (Å²) in [7, 11) is 0. The standard InChI is InChI=1S/C18H17Cl2N3/c19-13-5-1-3-10-15-9(8-23-18(21)22)7-12(16(10)13)17-11(15)4-2-6-14(17)20/h1-6,9,12,15H,7-8H2,(H4,21,22,23). The van der Waals surface area contributed by atoms with Gasteiger partial charge >= 0.3 is 0 Å². The summed E-state index contributed by atoms with van der Waals surface area (Å²) in [6.07, 6.45) is 0.967. The summed E-state index contributed by atoms with van der Waals surface area (Å²) in [5.74, 6) is 0.959. The Kier molecular flexibility index (Phi) is 3.51. The Morgan fingerprint density at radius 1 is 1.00 bits per heavy atom. The van der Waals surface area contributed by atoms with Gasteiger partial charge < -0.3 is 11.5 Å². The molecular formula is C18H17Cl2N3. The van der Waals surface area contributed by atoms with Crippen molar-refractivity contribution < 1.29 is 0 Å². The fourth-order valence-corrected chi connectivity index (χ4v) is 4.91. The van der Waals surface area contributed by atoms with Crippen LogP contribution in [0, 0.1) is 5.92 Å². The molecule has 0 heterocycles. The Bertz CT molecular complexity index is 758. The Hall–Kier alpha value is -1.71. The first-order valence-electron chi connectivity index (χ1n) is 7.70. The molecule has 4 N–H and O–H groups in total. The molecular weight excluding hydrogens is 329 g/mol. The van der Waals surface area contributed by atoms with Crippen LogP contribution in [0.3, 0.4) is 0 Å². The normalized spacial score (nSPS) is 24.0. The molecule has 118 valence electrons. The van der Waals surface area contributed by atoms with Gasteiger partial charge in [0.15, 0.2) is 5.96 Å². The number of nitrogens with zero attached hydrogens (tertiary/aromatic N) is 1. The van der Waals surface area contributed by atoms with Gasteiger partial charge in [-0.05, 0) is 46.7 Å². The molecule has 1 atom stereocenters. The second kappa shape index (κ2) is 5.43. The minimum absolute atomic E-state index is 0.143. The minimum atomic E-state index is 0.143. The van der Waals surface area contributed by atoms with Crippen LogP contribution in [0.25, 0.3) is 0 Å². The van der Waals surface area contributed by atoms with E-state index in [0.29, 0.717) is 12.5 Å². The number of aliphatic imine (C=N–C) groups is 1. The molecule has 3 aliphatic rings. The Balaban J connectivity index is 1.91. The van der Waals surface area contributed by atoms with Crippen LogP contribution in [0.1, 0.15) is 40.5 Å². The molecule has 2 bridgehead atoms. The number of rotatable bonds is 2. The van der Waals surface area contributed by atoms with Gasteiger partial charge in [0.25, 0.3) is 0 Å². The summed E-state index contributed by atoms with van der Waals surface area (Å²) in [5.41, 5.74) is 16.1. The third-order valence-electron chi connectivity index (χ3n) is 5.06. The van der Waals surface area contributed by atoms with Crippen molar-refractivity contribution in [3.05, 3.63) is 68.7 Å². The van der Waals surface area contributed by atoms with Gasteiger partial charge in [-0.1, -0.05) is 47.5 Å². The van der Waals surface area contributed by atoms with E-state index in [-0.39, 0.29) is 17.8 Å². The largest absolute Gasteiger partial charge is 0.370 e. The van der Waals surface area contributed by atoms with Gasteiger partial charge in [-0.25, -0.2) is 0 Å². The molecule has 3 nitrogen and oxygen atoms in total. The van der Waals surface area contributed by atoms with Crippen LogP contribution < -0.4 is 11.5 Å². The fraction of sp³-hybridized carbons (Fsp3) is 0.278. The van der Waals surface area contributed by atoms with E-state index in [2.05, 4.69) is 17.1 Å². The summed E-state index contributed by atoms with van der Waals surface area (Å²) in [5, 5.41) is 1.65. The van der Waals surface area contributed by atoms with Gasteiger partial charge in [0, 0.05) is 28.4 Å². The van der Waals surface area contributed by atoms with Gasteiger partial charge in [0.1, 0.15) is 0 Å². The average molecular weight is 346 g/mol. The highest BCUT2D eigenvalue weighted by Gasteiger charge is 2.44. The number of halogens is 2. The second-order valence-corrected chi connectivity index (χ2v) is 7.09. The van der Waals surface area contributed by atoms with Crippen LogP contribution in [-0.4, -0.2) is 12.5 Å². The van der Waals surface area contributed by atoms with Crippen molar-refractivity contribution in [3.8, 4) is 0 Å². The SMILES string of the molecule is NC(N)=NCC1CC2c3c(Cl)cccc3C1c1cccc(Cl)c12. The quantitative estimate of drug-likeness (QED) is 0.641. The van der Waals surface area contributed by atoms with Gasteiger partial charge in [-0.15, -0.1) is 0 Å². The predicted molar refractivity (Wildman–Crippen MR) is 95.4 cm³/mol. The second-order valence-electron chi connectivity index (χ2n) is 6.28. The lowest BCUT2D eigenvalue weighted by Gasteiger charge is -2.45. The summed E-state index contributed by atoms with van der Waals surface area (Å²) in [6.45, 7) is 0.626. The minimum Gasteiger partial charge on any atom is -0.370 e. The van der Waals surface area contributed by atoms with E-state index in [9.17, 15) is 0 Å². The molecule has 2 aromatic rings. The van der Waals surface area contributed by atoms with E-state index in [4.69, 9.17) is 34.7 Å². The number of hydrogen-bond acceptors (Lipinski definition) is 1. The third-order valence-corrected chi connectivity index (χ3v) is 5.72. The topological polar surface area (TPSA) is 64.4 Å². The maximum atomic E-state index is 6.52. The molecule has 5 heteroatoms. The Labute approximate surface area is 145 Å². The summed E-state index contributed by atoms with van der Waals surface area (Å²) in [6, 6.07) is 12.3. The van der Waals surface area contributed by atoms with Crippen LogP contribution >= 0.6 is 23.2 Å². The number of guanidine groups is 1. The van der Waals surface area contributed by atoms with Crippen molar-refractivity contribution in [2.45, 2.75) is 18.3 Å². The highest BCUT2D eigenvalue weighted by molar-refractivity contribution is 6.32. The van der Waals surface area contributed by atoms with E-state index in [1.165, 1.54) is 22.3 Å². The number of hydrogen-bond donors (Lipinski definition) is 2. The zero-order valence-corrected chi connectivity index (χ0v) is 14.0. The smallest absolute Gasteiger partial charge is 0.185 e. The van der Waals surface area contributed by atoms with Crippen molar-refractivity contribution in [2.24, 2.45) is 22.4 Å². The van der Waals surface area contributed by atoms with E-state index in [0.717, 1.165) is 16.5 Å². The van der Waals surface area contributed by atoms with Crippen LogP contribution in [0.2, 0.25) is 10.0 Å². The van der Waals surface area contributed by atoms with Crippen molar-refractivity contribution >= 4 is 29.2 Å². The van der Waals surface area contributed by atoms with Crippen molar-refractivity contribution in [3.63, 3.8) is 0 Å². The number of nitrogens with two attached hydrogens (primary N) is 2. The molecule has 0 fully saturated rings. The Morgan fingerprint density at radius 2 is 1.57 bits per heavy atom. The van der Waals surface area contributed by atoms with E-state index < -0.39 is 0 Å². The molecule has 5 rings (SSSR count). The van der Waals surface area contributed by atoms with Crippen LogP contribution in [0.15, 0.2) is 41.4 Å². The highest BCUT2D eigenvalue weighted by atomic mass is 35.5. The van der Waals surface area contributed by atoms with Crippen molar-refractivity contribution in [1.29, 1.82) is 0 Å². The summed E-state index contributed by atoms with van der Waals surface area (Å²) < 4.78 is 0. The molecule has 0 aliphatic heterocycles. The number of benzene rings is 2.